The van der Waals surface area contributed by atoms with Gasteiger partial charge in [0.05, 0.1) is 37.1 Å². The third kappa shape index (κ3) is 5.50. The van der Waals surface area contributed by atoms with Crippen LogP contribution in [0, 0.1) is 11.8 Å². The van der Waals surface area contributed by atoms with E-state index in [4.69, 9.17) is 9.47 Å². The second kappa shape index (κ2) is 11.6. The molecule has 39 heavy (non-hydrogen) atoms. The van der Waals surface area contributed by atoms with E-state index >= 15 is 0 Å². The fraction of sp³-hybridized carbons (Fsp3) is 0.483. The molecular formula is C29H34N5O4S-. The predicted octanol–water partition coefficient (Wildman–Crippen LogP) is 4.78. The molecule has 1 aliphatic carbocycles. The number of rotatable bonds is 8. The second-order valence-corrected chi connectivity index (χ2v) is 11.8. The third-order valence-corrected chi connectivity index (χ3v) is 9.52. The van der Waals surface area contributed by atoms with E-state index in [2.05, 4.69) is 24.8 Å². The Kier molecular flexibility index (Phi) is 7.76. The normalized spacial score (nSPS) is 24.0. The van der Waals surface area contributed by atoms with Crippen LogP contribution in [0.2, 0.25) is 0 Å². The molecule has 2 aliphatic rings. The molecular weight excluding hydrogens is 514 g/mol. The Bertz CT molecular complexity index is 1440. The highest BCUT2D eigenvalue weighted by Gasteiger charge is 2.35. The van der Waals surface area contributed by atoms with Gasteiger partial charge in [0.2, 0.25) is 0 Å². The molecule has 4 aromatic rings. The van der Waals surface area contributed by atoms with E-state index in [1.54, 1.807) is 25.8 Å². The van der Waals surface area contributed by atoms with Crippen molar-refractivity contribution >= 4 is 33.0 Å². The number of H-pyrrole nitrogens is 1. The topological polar surface area (TPSA) is 116 Å². The number of aromatic amines is 1. The minimum atomic E-state index is -2.16. The van der Waals surface area contributed by atoms with E-state index < -0.39 is 16.5 Å². The molecule has 0 radical (unpaired) electrons. The minimum Gasteiger partial charge on any atom is -0.771 e. The number of fused-ring (bicyclic) bond motifs is 3. The highest BCUT2D eigenvalue weighted by atomic mass is 32.2. The van der Waals surface area contributed by atoms with Crippen molar-refractivity contribution in [3.63, 3.8) is 0 Å². The number of nitrogens with zero attached hydrogens (tertiary/aromatic N) is 4. The summed E-state index contributed by atoms with van der Waals surface area (Å²) < 4.78 is 36.4. The lowest BCUT2D eigenvalue weighted by atomic mass is 9.79. The van der Waals surface area contributed by atoms with Crippen molar-refractivity contribution in [2.75, 3.05) is 26.8 Å². The molecule has 206 valence electrons. The predicted molar refractivity (Wildman–Crippen MR) is 149 cm³/mol. The maximum Gasteiger partial charge on any atom is 0.159 e. The highest BCUT2D eigenvalue weighted by molar-refractivity contribution is 7.79. The lowest BCUT2D eigenvalue weighted by Gasteiger charge is -2.44. The molecule has 3 atom stereocenters. The summed E-state index contributed by atoms with van der Waals surface area (Å²) in [5, 5.41) is 1.65. The van der Waals surface area contributed by atoms with Crippen LogP contribution in [0.5, 0.6) is 11.5 Å². The van der Waals surface area contributed by atoms with E-state index in [1.165, 1.54) is 0 Å². The Morgan fingerprint density at radius 1 is 1.08 bits per heavy atom. The zero-order chi connectivity index (χ0) is 26.8. The van der Waals surface area contributed by atoms with Crippen LogP contribution in [0.3, 0.4) is 0 Å². The molecule has 0 bridgehead atoms. The number of pyridine rings is 1. The molecule has 1 saturated carbocycles. The SMILES string of the molecule is COc1ccc(OCC2CCCN(C(C3CCC(c4[nH]cnc5cnc6nccc6c45)CC3)S(=O)[O-])C2)cc1. The van der Waals surface area contributed by atoms with E-state index in [0.717, 1.165) is 90.7 Å². The van der Waals surface area contributed by atoms with Crippen molar-refractivity contribution in [2.24, 2.45) is 11.8 Å². The molecule has 0 amide bonds. The van der Waals surface area contributed by atoms with Crippen LogP contribution in [0.15, 0.2) is 49.1 Å². The van der Waals surface area contributed by atoms with Crippen molar-refractivity contribution in [3.8, 4) is 11.5 Å². The molecule has 3 unspecified atom stereocenters. The average Bonchev–Trinajstić information content (AvgIpc) is 3.46. The maximum atomic E-state index is 12.6. The zero-order valence-electron chi connectivity index (χ0n) is 22.1. The molecule has 10 heteroatoms. The maximum absolute atomic E-state index is 12.6. The van der Waals surface area contributed by atoms with E-state index in [-0.39, 0.29) is 5.92 Å². The van der Waals surface area contributed by atoms with Crippen molar-refractivity contribution in [1.29, 1.82) is 0 Å². The van der Waals surface area contributed by atoms with Gasteiger partial charge in [-0.05, 0) is 98.3 Å². The molecule has 1 saturated heterocycles. The van der Waals surface area contributed by atoms with Crippen LogP contribution in [-0.2, 0) is 11.1 Å². The van der Waals surface area contributed by atoms with Crippen molar-refractivity contribution in [2.45, 2.75) is 49.8 Å². The van der Waals surface area contributed by atoms with Gasteiger partial charge in [-0.15, -0.1) is 0 Å². The van der Waals surface area contributed by atoms with Gasteiger partial charge in [0, 0.05) is 35.1 Å². The number of nitrogens with one attached hydrogen (secondary N) is 1. The molecule has 2 fully saturated rings. The van der Waals surface area contributed by atoms with Crippen LogP contribution < -0.4 is 9.47 Å². The molecule has 4 heterocycles. The molecule has 1 aromatic carbocycles. The summed E-state index contributed by atoms with van der Waals surface area (Å²) in [5.41, 5.74) is 2.75. The molecule has 6 rings (SSSR count). The standard InChI is InChI=1S/C29H35N5O4S/c1-37-22-8-10-23(11-9-22)38-17-19-3-2-14-34(16-19)29(39(35)36)21-6-4-20(5-7-21)27-26-24-12-13-30-28(24)31-15-25(26)32-18-33-27/h8-13,15,18-21,29H,2-7,14,16-17H2,1H3,(H,32,33)(H,35,36)/p-1. The first-order valence-corrected chi connectivity index (χ1v) is 14.9. The first kappa shape index (κ1) is 26.2. The van der Waals surface area contributed by atoms with Crippen LogP contribution in [0.4, 0.5) is 0 Å². The van der Waals surface area contributed by atoms with E-state index in [0.29, 0.717) is 18.4 Å². The third-order valence-electron chi connectivity index (χ3n) is 8.44. The van der Waals surface area contributed by atoms with Crippen molar-refractivity contribution < 1.29 is 18.2 Å². The monoisotopic (exact) mass is 548 g/mol. The number of methoxy groups -OCH3 is 1. The molecule has 9 nitrogen and oxygen atoms in total. The number of hydrogen-bond acceptors (Lipinski definition) is 8. The Morgan fingerprint density at radius 3 is 2.64 bits per heavy atom. The Balaban J connectivity index is 1.11. The van der Waals surface area contributed by atoms with Gasteiger partial charge >= 0.3 is 0 Å². The van der Waals surface area contributed by atoms with Gasteiger partial charge in [-0.1, -0.05) is 0 Å². The fourth-order valence-corrected chi connectivity index (χ4v) is 7.54. The van der Waals surface area contributed by atoms with Gasteiger partial charge < -0.3 is 19.0 Å². The molecule has 1 N–H and O–H groups in total. The zero-order valence-corrected chi connectivity index (χ0v) is 22.9. The Labute approximate surface area is 230 Å². The quantitative estimate of drug-likeness (QED) is 0.313. The smallest absolute Gasteiger partial charge is 0.159 e. The summed E-state index contributed by atoms with van der Waals surface area (Å²) in [6.45, 7) is 2.14. The molecule has 3 aromatic heterocycles. The summed E-state index contributed by atoms with van der Waals surface area (Å²) in [5.74, 6) is 2.34. The van der Waals surface area contributed by atoms with Crippen LogP contribution in [0.1, 0.15) is 50.1 Å². The number of aromatic nitrogens is 4. The van der Waals surface area contributed by atoms with Gasteiger partial charge in [-0.3, -0.25) is 9.11 Å². The number of benzene rings is 1. The summed E-state index contributed by atoms with van der Waals surface area (Å²) in [6, 6.07) is 9.59. The fourth-order valence-electron chi connectivity index (χ4n) is 6.52. The van der Waals surface area contributed by atoms with Crippen molar-refractivity contribution in [3.05, 3.63) is 54.7 Å². The largest absolute Gasteiger partial charge is 0.771 e. The van der Waals surface area contributed by atoms with Gasteiger partial charge in [-0.2, -0.15) is 0 Å². The lowest BCUT2D eigenvalue weighted by Crippen LogP contribution is -2.50. The summed E-state index contributed by atoms with van der Waals surface area (Å²) in [6.07, 6.45) is 11.0. The number of piperidine rings is 1. The van der Waals surface area contributed by atoms with Gasteiger partial charge in [0.25, 0.3) is 0 Å². The number of ether oxygens (including phenoxy) is 2. The van der Waals surface area contributed by atoms with E-state index in [9.17, 15) is 8.76 Å². The second-order valence-electron chi connectivity index (χ2n) is 10.8. The first-order chi connectivity index (χ1) is 19.1. The summed E-state index contributed by atoms with van der Waals surface area (Å²) >= 11 is -2.16. The number of likely N-dealkylation sites (tertiary alicyclic amines) is 1. The highest BCUT2D eigenvalue weighted by Crippen LogP contribution is 2.41. The first-order valence-electron chi connectivity index (χ1n) is 13.8. The summed E-state index contributed by atoms with van der Waals surface area (Å²) in [4.78, 5) is 18.9. The van der Waals surface area contributed by atoms with Crippen molar-refractivity contribution in [1.82, 2.24) is 24.8 Å². The van der Waals surface area contributed by atoms with Gasteiger partial charge in [0.15, 0.2) is 5.65 Å². The van der Waals surface area contributed by atoms with Crippen LogP contribution in [-0.4, -0.2) is 65.8 Å². The van der Waals surface area contributed by atoms with E-state index in [1.807, 2.05) is 30.3 Å². The number of hydrogen-bond donors (Lipinski definition) is 1. The van der Waals surface area contributed by atoms with Crippen LogP contribution in [0.25, 0.3) is 21.9 Å². The lowest BCUT2D eigenvalue weighted by molar-refractivity contribution is 0.0874. The molecule has 0 spiro atoms. The summed E-state index contributed by atoms with van der Waals surface area (Å²) in [7, 11) is 1.64. The average molecular weight is 549 g/mol. The Morgan fingerprint density at radius 2 is 1.87 bits per heavy atom. The minimum absolute atomic E-state index is 0.121. The van der Waals surface area contributed by atoms with Gasteiger partial charge in [-0.25, -0.2) is 15.0 Å². The van der Waals surface area contributed by atoms with Gasteiger partial charge in [0.1, 0.15) is 11.5 Å². The molecule has 1 aliphatic heterocycles. The van der Waals surface area contributed by atoms with Crippen LogP contribution >= 0.6 is 0 Å². The Hall–Kier alpha value is -3.08.